The van der Waals surface area contributed by atoms with Crippen LogP contribution in [0, 0.1) is 11.3 Å². The van der Waals surface area contributed by atoms with Crippen LogP contribution < -0.4 is 10.2 Å². The molecule has 2 N–H and O–H groups in total. The van der Waals surface area contributed by atoms with E-state index < -0.39 is 11.4 Å². The molecule has 25 heavy (non-hydrogen) atoms. The largest absolute Gasteiger partial charge is 0.481 e. The van der Waals surface area contributed by atoms with E-state index in [1.165, 1.54) is 16.8 Å². The van der Waals surface area contributed by atoms with Gasteiger partial charge in [0.15, 0.2) is 0 Å². The molecule has 0 radical (unpaired) electrons. The summed E-state index contributed by atoms with van der Waals surface area (Å²) in [5.74, 6) is -0.373. The number of fused-ring (bicyclic) bond motifs is 3. The van der Waals surface area contributed by atoms with Crippen LogP contribution in [0.15, 0.2) is 18.2 Å². The second-order valence-electron chi connectivity index (χ2n) is 8.66. The number of rotatable bonds is 2. The SMILES string of the molecule is C[C@]1(C(=O)O)CCC[C@]2(C)c3cc(N4CCNCC4)ccc3CC[C@@H]12. The fourth-order valence-electron chi connectivity index (χ4n) is 5.82. The molecule has 2 aliphatic carbocycles. The Morgan fingerprint density at radius 3 is 2.72 bits per heavy atom. The molecular formula is C21H30N2O2. The fourth-order valence-corrected chi connectivity index (χ4v) is 5.82. The average Bonchev–Trinajstić information content (AvgIpc) is 2.62. The van der Waals surface area contributed by atoms with Crippen LogP contribution in [0.2, 0.25) is 0 Å². The van der Waals surface area contributed by atoms with Crippen molar-refractivity contribution in [1.82, 2.24) is 5.32 Å². The number of nitrogens with one attached hydrogen (secondary N) is 1. The molecule has 0 spiro atoms. The third kappa shape index (κ3) is 2.57. The van der Waals surface area contributed by atoms with Crippen molar-refractivity contribution in [2.24, 2.45) is 11.3 Å². The Morgan fingerprint density at radius 2 is 2.00 bits per heavy atom. The third-order valence-corrected chi connectivity index (χ3v) is 7.31. The Bertz CT molecular complexity index is 682. The van der Waals surface area contributed by atoms with E-state index in [1.54, 1.807) is 0 Å². The van der Waals surface area contributed by atoms with Gasteiger partial charge in [0.05, 0.1) is 5.41 Å². The van der Waals surface area contributed by atoms with Gasteiger partial charge in [-0.3, -0.25) is 4.79 Å². The second kappa shape index (κ2) is 6.01. The Kier molecular flexibility index (Phi) is 4.06. The quantitative estimate of drug-likeness (QED) is 0.867. The van der Waals surface area contributed by atoms with Gasteiger partial charge in [-0.2, -0.15) is 0 Å². The highest BCUT2D eigenvalue weighted by molar-refractivity contribution is 5.75. The van der Waals surface area contributed by atoms with Gasteiger partial charge in [-0.05, 0) is 67.2 Å². The Balaban J connectivity index is 1.75. The fraction of sp³-hybridized carbons (Fsp3) is 0.667. The van der Waals surface area contributed by atoms with Crippen LogP contribution in [0.4, 0.5) is 5.69 Å². The molecule has 3 aliphatic rings. The van der Waals surface area contributed by atoms with Crippen molar-refractivity contribution in [2.75, 3.05) is 31.1 Å². The zero-order valence-corrected chi connectivity index (χ0v) is 15.5. The van der Waals surface area contributed by atoms with Crippen LogP contribution in [0.25, 0.3) is 0 Å². The molecule has 1 heterocycles. The first kappa shape index (κ1) is 16.9. The van der Waals surface area contributed by atoms with E-state index >= 15 is 0 Å². The zero-order valence-electron chi connectivity index (χ0n) is 15.5. The van der Waals surface area contributed by atoms with Crippen molar-refractivity contribution in [1.29, 1.82) is 0 Å². The first-order valence-electron chi connectivity index (χ1n) is 9.78. The molecule has 0 amide bonds. The summed E-state index contributed by atoms with van der Waals surface area (Å²) in [6.45, 7) is 8.49. The van der Waals surface area contributed by atoms with Gasteiger partial charge >= 0.3 is 5.97 Å². The van der Waals surface area contributed by atoms with Crippen molar-refractivity contribution in [3.05, 3.63) is 29.3 Å². The topological polar surface area (TPSA) is 52.6 Å². The molecule has 0 bridgehead atoms. The van der Waals surface area contributed by atoms with Crippen molar-refractivity contribution in [3.63, 3.8) is 0 Å². The number of hydrogen-bond donors (Lipinski definition) is 2. The Labute approximate surface area is 150 Å². The van der Waals surface area contributed by atoms with Gasteiger partial charge in [-0.25, -0.2) is 0 Å². The lowest BCUT2D eigenvalue weighted by Crippen LogP contribution is -2.52. The standard InChI is InChI=1S/C21H30N2O2/c1-20-8-3-9-21(2,19(24)25)18(20)7-5-15-4-6-16(14-17(15)20)23-12-10-22-11-13-23/h4,6,14,18,22H,3,5,7-13H2,1-2H3,(H,24,25)/t18-,20-,21+/m1/s1. The van der Waals surface area contributed by atoms with Crippen LogP contribution in [0.5, 0.6) is 0 Å². The monoisotopic (exact) mass is 342 g/mol. The molecule has 0 unspecified atom stereocenters. The van der Waals surface area contributed by atoms with Crippen molar-refractivity contribution in [2.45, 2.75) is 51.4 Å². The summed E-state index contributed by atoms with van der Waals surface area (Å²) >= 11 is 0. The van der Waals surface area contributed by atoms with Gasteiger partial charge in [0.25, 0.3) is 0 Å². The lowest BCUT2D eigenvalue weighted by molar-refractivity contribution is -0.157. The van der Waals surface area contributed by atoms with Crippen molar-refractivity contribution >= 4 is 11.7 Å². The van der Waals surface area contributed by atoms with Gasteiger partial charge in [0.1, 0.15) is 0 Å². The van der Waals surface area contributed by atoms with E-state index in [2.05, 4.69) is 35.3 Å². The number of carbonyl (C=O) groups is 1. The summed E-state index contributed by atoms with van der Waals surface area (Å²) in [6.07, 6.45) is 4.95. The minimum absolute atomic E-state index is 0.0109. The normalized spacial score (nSPS) is 35.0. The molecule has 2 fully saturated rings. The first-order chi connectivity index (χ1) is 11.9. The number of hydrogen-bond acceptors (Lipinski definition) is 3. The Morgan fingerprint density at radius 1 is 1.24 bits per heavy atom. The molecule has 1 saturated heterocycles. The number of nitrogens with zero attached hydrogens (tertiary/aromatic N) is 1. The van der Waals surface area contributed by atoms with Crippen molar-refractivity contribution < 1.29 is 9.90 Å². The summed E-state index contributed by atoms with van der Waals surface area (Å²) in [7, 11) is 0. The lowest BCUT2D eigenvalue weighted by atomic mass is 9.50. The molecule has 1 aromatic carbocycles. The number of aryl methyl sites for hydroxylation is 1. The van der Waals surface area contributed by atoms with Gasteiger partial charge in [-0.15, -0.1) is 0 Å². The first-order valence-corrected chi connectivity index (χ1v) is 9.78. The van der Waals surface area contributed by atoms with E-state index in [0.29, 0.717) is 0 Å². The summed E-state index contributed by atoms with van der Waals surface area (Å²) < 4.78 is 0. The van der Waals surface area contributed by atoms with Crippen LogP contribution in [-0.2, 0) is 16.6 Å². The van der Waals surface area contributed by atoms with Crippen LogP contribution in [0.3, 0.4) is 0 Å². The van der Waals surface area contributed by atoms with E-state index in [9.17, 15) is 9.90 Å². The highest BCUT2D eigenvalue weighted by Gasteiger charge is 2.55. The van der Waals surface area contributed by atoms with E-state index in [0.717, 1.165) is 58.3 Å². The highest BCUT2D eigenvalue weighted by Crippen LogP contribution is 2.57. The maximum absolute atomic E-state index is 12.1. The van der Waals surface area contributed by atoms with E-state index in [-0.39, 0.29) is 11.3 Å². The van der Waals surface area contributed by atoms with Crippen LogP contribution >= 0.6 is 0 Å². The predicted octanol–water partition coefficient (Wildman–Crippen LogP) is 3.19. The minimum atomic E-state index is -0.606. The third-order valence-electron chi connectivity index (χ3n) is 7.31. The van der Waals surface area contributed by atoms with E-state index in [4.69, 9.17) is 0 Å². The summed E-state index contributed by atoms with van der Waals surface area (Å²) in [5.41, 5.74) is 3.57. The van der Waals surface area contributed by atoms with Crippen LogP contribution in [0.1, 0.15) is 50.7 Å². The Hall–Kier alpha value is -1.55. The summed E-state index contributed by atoms with van der Waals surface area (Å²) in [4.78, 5) is 14.5. The molecular weight excluding hydrogens is 312 g/mol. The smallest absolute Gasteiger partial charge is 0.309 e. The molecule has 4 rings (SSSR count). The minimum Gasteiger partial charge on any atom is -0.481 e. The molecule has 3 atom stereocenters. The second-order valence-corrected chi connectivity index (χ2v) is 8.66. The lowest BCUT2D eigenvalue weighted by Gasteiger charge is -2.53. The molecule has 4 nitrogen and oxygen atoms in total. The molecule has 1 saturated carbocycles. The van der Waals surface area contributed by atoms with Gasteiger partial charge < -0.3 is 15.3 Å². The predicted molar refractivity (Wildman–Crippen MR) is 100 cm³/mol. The highest BCUT2D eigenvalue weighted by atomic mass is 16.4. The number of carboxylic acid groups (broad SMARTS) is 1. The van der Waals surface area contributed by atoms with Crippen molar-refractivity contribution in [3.8, 4) is 0 Å². The summed E-state index contributed by atoms with van der Waals surface area (Å²) in [6, 6.07) is 6.97. The summed E-state index contributed by atoms with van der Waals surface area (Å²) in [5, 5.41) is 13.4. The van der Waals surface area contributed by atoms with Gasteiger partial charge in [0.2, 0.25) is 0 Å². The van der Waals surface area contributed by atoms with E-state index in [1.807, 2.05) is 6.92 Å². The van der Waals surface area contributed by atoms with Gasteiger partial charge in [-0.1, -0.05) is 19.4 Å². The number of anilines is 1. The number of benzene rings is 1. The molecule has 136 valence electrons. The molecule has 1 aliphatic heterocycles. The molecule has 1 aromatic rings. The zero-order chi connectivity index (χ0) is 17.7. The number of aliphatic carboxylic acids is 1. The maximum atomic E-state index is 12.1. The van der Waals surface area contributed by atoms with Crippen LogP contribution in [-0.4, -0.2) is 37.3 Å². The maximum Gasteiger partial charge on any atom is 0.309 e. The number of piperazine rings is 1. The molecule has 0 aromatic heterocycles. The number of carboxylic acids is 1. The van der Waals surface area contributed by atoms with Gasteiger partial charge in [0, 0.05) is 31.9 Å². The molecule has 4 heteroatoms. The average molecular weight is 342 g/mol.